The standard InChI is InChI=1S/C5H10S.C5H8S/c2*1-2-4-6-5-3-1/h1-5H2;2,4H,1,3,5H2. The minimum absolute atomic E-state index is 1.30. The molecule has 1 saturated heterocycles. The van der Waals surface area contributed by atoms with E-state index in [4.69, 9.17) is 0 Å². The van der Waals surface area contributed by atoms with Crippen molar-refractivity contribution in [3.8, 4) is 0 Å². The fraction of sp³-hybridized carbons (Fsp3) is 0.800. The number of hydrogen-bond acceptors (Lipinski definition) is 2. The number of thioether (sulfide) groups is 2. The van der Waals surface area contributed by atoms with Gasteiger partial charge in [-0.1, -0.05) is 12.5 Å². The molecular formula is C10H18S2. The van der Waals surface area contributed by atoms with Crippen molar-refractivity contribution in [2.45, 2.75) is 32.1 Å². The van der Waals surface area contributed by atoms with Crippen molar-refractivity contribution >= 4 is 23.5 Å². The van der Waals surface area contributed by atoms with Crippen molar-refractivity contribution in [3.05, 3.63) is 11.5 Å². The van der Waals surface area contributed by atoms with E-state index < -0.39 is 0 Å². The Morgan fingerprint density at radius 2 is 1.67 bits per heavy atom. The lowest BCUT2D eigenvalue weighted by atomic mass is 10.3. The molecule has 0 spiro atoms. The first-order valence-corrected chi connectivity index (χ1v) is 7.05. The molecule has 2 heterocycles. The monoisotopic (exact) mass is 202 g/mol. The first kappa shape index (κ1) is 10.5. The summed E-state index contributed by atoms with van der Waals surface area (Å²) in [5.74, 6) is 4.16. The van der Waals surface area contributed by atoms with Gasteiger partial charge in [-0.15, -0.1) is 11.8 Å². The van der Waals surface area contributed by atoms with E-state index >= 15 is 0 Å². The molecule has 12 heavy (non-hydrogen) atoms. The Morgan fingerprint density at radius 3 is 1.83 bits per heavy atom. The van der Waals surface area contributed by atoms with Crippen LogP contribution in [0.3, 0.4) is 0 Å². The maximum atomic E-state index is 2.23. The molecule has 0 atom stereocenters. The molecule has 0 aromatic carbocycles. The van der Waals surface area contributed by atoms with Gasteiger partial charge in [0.05, 0.1) is 0 Å². The molecule has 2 aliphatic heterocycles. The molecule has 0 aromatic rings. The summed E-state index contributed by atoms with van der Waals surface area (Å²) in [6, 6.07) is 0. The zero-order valence-corrected chi connectivity index (χ0v) is 9.26. The Morgan fingerprint density at radius 1 is 0.833 bits per heavy atom. The Balaban J connectivity index is 0.000000120. The molecule has 2 heteroatoms. The topological polar surface area (TPSA) is 0 Å². The van der Waals surface area contributed by atoms with E-state index in [1.165, 1.54) is 49.4 Å². The zero-order valence-electron chi connectivity index (χ0n) is 7.63. The molecule has 0 nitrogen and oxygen atoms in total. The summed E-state index contributed by atoms with van der Waals surface area (Å²) in [5.41, 5.74) is 0. The van der Waals surface area contributed by atoms with E-state index in [0.717, 1.165) is 0 Å². The van der Waals surface area contributed by atoms with Crippen LogP contribution in [0.25, 0.3) is 0 Å². The highest BCUT2D eigenvalue weighted by atomic mass is 32.2. The normalized spacial score (nSPS) is 22.7. The third-order valence-electron chi connectivity index (χ3n) is 1.90. The van der Waals surface area contributed by atoms with Crippen molar-refractivity contribution in [2.24, 2.45) is 0 Å². The summed E-state index contributed by atoms with van der Waals surface area (Å²) >= 11 is 4.01. The maximum Gasteiger partial charge on any atom is -0.00231 e. The minimum atomic E-state index is 1.30. The van der Waals surface area contributed by atoms with Gasteiger partial charge < -0.3 is 0 Å². The van der Waals surface area contributed by atoms with E-state index in [0.29, 0.717) is 0 Å². The molecule has 2 aliphatic rings. The van der Waals surface area contributed by atoms with Gasteiger partial charge in [0.25, 0.3) is 0 Å². The highest BCUT2D eigenvalue weighted by Gasteiger charge is 1.95. The number of rotatable bonds is 0. The van der Waals surface area contributed by atoms with Gasteiger partial charge in [0.1, 0.15) is 0 Å². The van der Waals surface area contributed by atoms with Gasteiger partial charge in [-0.25, -0.2) is 0 Å². The van der Waals surface area contributed by atoms with Crippen LogP contribution >= 0.6 is 23.5 Å². The van der Waals surface area contributed by atoms with Gasteiger partial charge in [-0.2, -0.15) is 11.8 Å². The third kappa shape index (κ3) is 6.01. The largest absolute Gasteiger partial charge is 0.162 e. The van der Waals surface area contributed by atoms with Crippen LogP contribution in [-0.2, 0) is 0 Å². The molecular weight excluding hydrogens is 184 g/mol. The van der Waals surface area contributed by atoms with Crippen LogP contribution in [0.4, 0.5) is 0 Å². The van der Waals surface area contributed by atoms with Crippen LogP contribution in [0.15, 0.2) is 11.5 Å². The summed E-state index contributed by atoms with van der Waals surface area (Å²) in [5, 5.41) is 2.18. The molecule has 0 aromatic heterocycles. The van der Waals surface area contributed by atoms with E-state index in [1.54, 1.807) is 0 Å². The highest BCUT2D eigenvalue weighted by molar-refractivity contribution is 8.02. The molecule has 70 valence electrons. The van der Waals surface area contributed by atoms with Crippen LogP contribution in [0, 0.1) is 0 Å². The fourth-order valence-electron chi connectivity index (χ4n) is 1.18. The second kappa shape index (κ2) is 8.06. The summed E-state index contributed by atoms with van der Waals surface area (Å²) in [7, 11) is 0. The average Bonchev–Trinajstić information content (AvgIpc) is 2.24. The van der Waals surface area contributed by atoms with Crippen molar-refractivity contribution in [1.29, 1.82) is 0 Å². The average molecular weight is 202 g/mol. The first-order valence-electron chi connectivity index (χ1n) is 4.84. The Hall–Kier alpha value is 0.440. The van der Waals surface area contributed by atoms with Crippen LogP contribution in [-0.4, -0.2) is 17.3 Å². The molecule has 0 saturated carbocycles. The van der Waals surface area contributed by atoms with E-state index in [1.807, 2.05) is 11.8 Å². The Bertz CT molecular complexity index is 97.5. The van der Waals surface area contributed by atoms with Crippen molar-refractivity contribution in [1.82, 2.24) is 0 Å². The van der Waals surface area contributed by atoms with Crippen molar-refractivity contribution in [3.63, 3.8) is 0 Å². The van der Waals surface area contributed by atoms with Crippen LogP contribution in [0.1, 0.15) is 32.1 Å². The molecule has 0 amide bonds. The molecule has 0 N–H and O–H groups in total. The SMILES string of the molecule is C1=CSCCC1.C1CCSCC1. The maximum absolute atomic E-state index is 2.23. The van der Waals surface area contributed by atoms with Gasteiger partial charge in [-0.3, -0.25) is 0 Å². The van der Waals surface area contributed by atoms with Gasteiger partial charge in [0, 0.05) is 0 Å². The molecule has 0 bridgehead atoms. The molecule has 0 unspecified atom stereocenters. The zero-order chi connectivity index (χ0) is 8.49. The minimum Gasteiger partial charge on any atom is -0.162 e. The lowest BCUT2D eigenvalue weighted by Gasteiger charge is -2.05. The Kier molecular flexibility index (Phi) is 7.06. The molecule has 0 aliphatic carbocycles. The predicted octanol–water partition coefficient (Wildman–Crippen LogP) is 3.93. The quantitative estimate of drug-likeness (QED) is 0.584. The summed E-state index contributed by atoms with van der Waals surface area (Å²) in [6.07, 6.45) is 9.31. The van der Waals surface area contributed by atoms with E-state index in [9.17, 15) is 0 Å². The molecule has 1 fully saturated rings. The lowest BCUT2D eigenvalue weighted by Crippen LogP contribution is -1.91. The van der Waals surface area contributed by atoms with Crippen molar-refractivity contribution < 1.29 is 0 Å². The fourth-order valence-corrected chi connectivity index (χ4v) is 2.94. The van der Waals surface area contributed by atoms with Gasteiger partial charge in [-0.05, 0) is 48.3 Å². The number of hydrogen-bond donors (Lipinski definition) is 0. The van der Waals surface area contributed by atoms with E-state index in [-0.39, 0.29) is 0 Å². The van der Waals surface area contributed by atoms with Gasteiger partial charge in [0.2, 0.25) is 0 Å². The smallest absolute Gasteiger partial charge is 0.00231 e. The number of allylic oxidation sites excluding steroid dienone is 1. The second-order valence-corrected chi connectivity index (χ2v) is 5.30. The highest BCUT2D eigenvalue weighted by Crippen LogP contribution is 2.15. The second-order valence-electron chi connectivity index (χ2n) is 3.06. The van der Waals surface area contributed by atoms with Crippen LogP contribution in [0.2, 0.25) is 0 Å². The predicted molar refractivity (Wildman–Crippen MR) is 62.0 cm³/mol. The van der Waals surface area contributed by atoms with Crippen LogP contribution in [0.5, 0.6) is 0 Å². The third-order valence-corrected chi connectivity index (χ3v) is 3.97. The lowest BCUT2D eigenvalue weighted by molar-refractivity contribution is 0.764. The van der Waals surface area contributed by atoms with Crippen LogP contribution < -0.4 is 0 Å². The summed E-state index contributed by atoms with van der Waals surface area (Å²) in [6.45, 7) is 0. The van der Waals surface area contributed by atoms with Gasteiger partial charge in [0.15, 0.2) is 0 Å². The van der Waals surface area contributed by atoms with Crippen molar-refractivity contribution in [2.75, 3.05) is 17.3 Å². The Labute approximate surface area is 84.6 Å². The van der Waals surface area contributed by atoms with Gasteiger partial charge >= 0.3 is 0 Å². The summed E-state index contributed by atoms with van der Waals surface area (Å²) < 4.78 is 0. The first-order chi connectivity index (χ1) is 6.00. The molecule has 2 rings (SSSR count). The van der Waals surface area contributed by atoms with E-state index in [2.05, 4.69) is 23.2 Å². The molecule has 0 radical (unpaired) electrons. The summed E-state index contributed by atoms with van der Waals surface area (Å²) in [4.78, 5) is 0.